The summed E-state index contributed by atoms with van der Waals surface area (Å²) in [5.74, 6) is 0.801. The molecule has 0 saturated carbocycles. The van der Waals surface area contributed by atoms with Crippen LogP contribution in [0, 0.1) is 6.92 Å². The second-order valence-corrected chi connectivity index (χ2v) is 7.80. The predicted molar refractivity (Wildman–Crippen MR) is 119 cm³/mol. The Labute approximate surface area is 177 Å². The van der Waals surface area contributed by atoms with Gasteiger partial charge < -0.3 is 18.6 Å². The zero-order chi connectivity index (χ0) is 21.1. The SMILES string of the molecule is CCOC(=S)SCC(=O)c1cc2oc(=O)c3cc(C)cc(OC)c3c2cc1OC. The van der Waals surface area contributed by atoms with E-state index >= 15 is 0 Å². The van der Waals surface area contributed by atoms with Gasteiger partial charge in [-0.25, -0.2) is 4.79 Å². The molecule has 6 nitrogen and oxygen atoms in total. The van der Waals surface area contributed by atoms with Crippen LogP contribution in [0.1, 0.15) is 22.8 Å². The number of methoxy groups -OCH3 is 2. The molecule has 0 aliphatic heterocycles. The van der Waals surface area contributed by atoms with E-state index in [-0.39, 0.29) is 17.1 Å². The number of rotatable bonds is 6. The van der Waals surface area contributed by atoms with Gasteiger partial charge in [-0.1, -0.05) is 11.8 Å². The number of aryl methyl sites for hydroxylation is 1. The summed E-state index contributed by atoms with van der Waals surface area (Å²) in [5.41, 5.74) is 0.971. The van der Waals surface area contributed by atoms with E-state index in [0.29, 0.717) is 44.2 Å². The Balaban J connectivity index is 2.17. The third-order valence-corrected chi connectivity index (χ3v) is 5.58. The molecule has 1 aromatic heterocycles. The van der Waals surface area contributed by atoms with Crippen LogP contribution in [-0.4, -0.2) is 36.7 Å². The van der Waals surface area contributed by atoms with Crippen LogP contribution in [0.5, 0.6) is 11.5 Å². The number of thioether (sulfide) groups is 1. The van der Waals surface area contributed by atoms with Gasteiger partial charge in [0.2, 0.25) is 4.38 Å². The first-order valence-electron chi connectivity index (χ1n) is 8.85. The summed E-state index contributed by atoms with van der Waals surface area (Å²) in [6, 6.07) is 6.82. The second kappa shape index (κ2) is 8.84. The summed E-state index contributed by atoms with van der Waals surface area (Å²) in [5, 5.41) is 1.66. The normalized spacial score (nSPS) is 10.9. The van der Waals surface area contributed by atoms with Crippen molar-refractivity contribution in [1.82, 2.24) is 0 Å². The van der Waals surface area contributed by atoms with Gasteiger partial charge in [-0.15, -0.1) is 0 Å². The molecule has 0 radical (unpaired) electrons. The molecule has 0 aliphatic carbocycles. The van der Waals surface area contributed by atoms with E-state index in [0.717, 1.165) is 17.3 Å². The fourth-order valence-corrected chi connectivity index (χ4v) is 4.00. The van der Waals surface area contributed by atoms with E-state index in [4.69, 9.17) is 30.8 Å². The zero-order valence-corrected chi connectivity index (χ0v) is 18.1. The van der Waals surface area contributed by atoms with Crippen molar-refractivity contribution >= 4 is 55.9 Å². The molecule has 0 saturated heterocycles. The van der Waals surface area contributed by atoms with Crippen molar-refractivity contribution < 1.29 is 23.4 Å². The van der Waals surface area contributed by atoms with Crippen LogP contribution < -0.4 is 15.1 Å². The van der Waals surface area contributed by atoms with Gasteiger partial charge in [-0.2, -0.15) is 0 Å². The van der Waals surface area contributed by atoms with E-state index < -0.39 is 5.63 Å². The largest absolute Gasteiger partial charge is 0.496 e. The number of ether oxygens (including phenoxy) is 3. The Morgan fingerprint density at radius 3 is 2.48 bits per heavy atom. The van der Waals surface area contributed by atoms with Crippen LogP contribution in [0.3, 0.4) is 0 Å². The van der Waals surface area contributed by atoms with Crippen molar-refractivity contribution in [3.8, 4) is 11.5 Å². The molecule has 8 heteroatoms. The lowest BCUT2D eigenvalue weighted by molar-refractivity contribution is 0.101. The quantitative estimate of drug-likeness (QED) is 0.244. The van der Waals surface area contributed by atoms with Gasteiger partial charge in [0, 0.05) is 10.8 Å². The molecule has 0 unspecified atom stereocenters. The highest BCUT2D eigenvalue weighted by Crippen LogP contribution is 2.36. The molecular formula is C21H20O6S2. The molecule has 0 aliphatic rings. The first kappa shape index (κ1) is 21.1. The number of benzene rings is 2. The van der Waals surface area contributed by atoms with Gasteiger partial charge in [-0.05, 0) is 55.9 Å². The molecule has 1 heterocycles. The first-order valence-corrected chi connectivity index (χ1v) is 10.2. The smallest absolute Gasteiger partial charge is 0.344 e. The van der Waals surface area contributed by atoms with Crippen LogP contribution in [0.25, 0.3) is 21.7 Å². The maximum Gasteiger partial charge on any atom is 0.344 e. The van der Waals surface area contributed by atoms with Gasteiger partial charge in [0.1, 0.15) is 17.1 Å². The van der Waals surface area contributed by atoms with Gasteiger partial charge in [0.05, 0.1) is 37.5 Å². The summed E-state index contributed by atoms with van der Waals surface area (Å²) >= 11 is 6.19. The molecule has 0 spiro atoms. The zero-order valence-electron chi connectivity index (χ0n) is 16.5. The predicted octanol–water partition coefficient (Wildman–Crippen LogP) is 4.51. The molecule has 0 amide bonds. The highest BCUT2D eigenvalue weighted by Gasteiger charge is 2.20. The molecule has 2 aromatic carbocycles. The van der Waals surface area contributed by atoms with Gasteiger partial charge in [0.15, 0.2) is 5.78 Å². The minimum atomic E-state index is -0.495. The summed E-state index contributed by atoms with van der Waals surface area (Å²) < 4.78 is 21.9. The number of carbonyl (C=O) groups is 1. The Bertz CT molecular complexity index is 1170. The molecule has 0 fully saturated rings. The number of carbonyl (C=O) groups excluding carboxylic acids is 1. The molecule has 0 atom stereocenters. The Morgan fingerprint density at radius 2 is 1.83 bits per heavy atom. The lowest BCUT2D eigenvalue weighted by atomic mass is 10.0. The van der Waals surface area contributed by atoms with Crippen LogP contribution in [0.2, 0.25) is 0 Å². The van der Waals surface area contributed by atoms with Crippen molar-refractivity contribution in [2.75, 3.05) is 26.6 Å². The molecule has 3 aromatic rings. The summed E-state index contributed by atoms with van der Waals surface area (Å²) in [6.07, 6.45) is 0. The molecule has 0 bridgehead atoms. The van der Waals surface area contributed by atoms with E-state index in [9.17, 15) is 9.59 Å². The molecule has 0 N–H and O–H groups in total. The first-order chi connectivity index (χ1) is 13.9. The average Bonchev–Trinajstić information content (AvgIpc) is 2.71. The van der Waals surface area contributed by atoms with Crippen LogP contribution in [0.15, 0.2) is 33.5 Å². The minimum Gasteiger partial charge on any atom is -0.496 e. The third kappa shape index (κ3) is 4.23. The highest BCUT2D eigenvalue weighted by molar-refractivity contribution is 8.23. The highest BCUT2D eigenvalue weighted by atomic mass is 32.2. The van der Waals surface area contributed by atoms with Crippen molar-refractivity contribution in [1.29, 1.82) is 0 Å². The van der Waals surface area contributed by atoms with Gasteiger partial charge in [-0.3, -0.25) is 4.79 Å². The third-order valence-electron chi connectivity index (χ3n) is 4.34. The lowest BCUT2D eigenvalue weighted by Crippen LogP contribution is -2.09. The summed E-state index contributed by atoms with van der Waals surface area (Å²) in [6.45, 7) is 4.14. The maximum absolute atomic E-state index is 12.7. The lowest BCUT2D eigenvalue weighted by Gasteiger charge is -2.13. The van der Waals surface area contributed by atoms with E-state index in [1.54, 1.807) is 19.2 Å². The molecule has 152 valence electrons. The fourth-order valence-electron chi connectivity index (χ4n) is 3.10. The summed E-state index contributed by atoms with van der Waals surface area (Å²) in [7, 11) is 3.03. The van der Waals surface area contributed by atoms with Crippen LogP contribution >= 0.6 is 24.0 Å². The minimum absolute atomic E-state index is 0.0844. The number of ketones is 1. The summed E-state index contributed by atoms with van der Waals surface area (Å²) in [4.78, 5) is 25.3. The molecular weight excluding hydrogens is 412 g/mol. The van der Waals surface area contributed by atoms with Crippen LogP contribution in [-0.2, 0) is 4.74 Å². The van der Waals surface area contributed by atoms with E-state index in [2.05, 4.69) is 0 Å². The topological polar surface area (TPSA) is 75.0 Å². The van der Waals surface area contributed by atoms with Crippen molar-refractivity contribution in [3.05, 3.63) is 45.8 Å². The molecule has 3 rings (SSSR count). The standard InChI is InChI=1S/C21H20O6S2/c1-5-26-21(28)29-10-15(22)12-8-17-13(9-16(12)24-3)19-14(20(23)27-17)6-11(2)7-18(19)25-4/h6-9H,5,10H2,1-4H3. The Hall–Kier alpha value is -2.58. The Kier molecular flexibility index (Phi) is 6.44. The number of hydrogen-bond donors (Lipinski definition) is 0. The number of Topliss-reactive ketones (excluding diaryl/α,β-unsaturated/α-hetero) is 1. The Morgan fingerprint density at radius 1 is 1.10 bits per heavy atom. The maximum atomic E-state index is 12.7. The van der Waals surface area contributed by atoms with Crippen molar-refractivity contribution in [2.45, 2.75) is 13.8 Å². The second-order valence-electron chi connectivity index (χ2n) is 6.22. The fraction of sp³-hybridized carbons (Fsp3) is 0.286. The monoisotopic (exact) mass is 432 g/mol. The average molecular weight is 433 g/mol. The van der Waals surface area contributed by atoms with Crippen LogP contribution in [0.4, 0.5) is 0 Å². The van der Waals surface area contributed by atoms with Crippen molar-refractivity contribution in [3.63, 3.8) is 0 Å². The number of fused-ring (bicyclic) bond motifs is 3. The van der Waals surface area contributed by atoms with Gasteiger partial charge in [0.25, 0.3) is 0 Å². The van der Waals surface area contributed by atoms with E-state index in [1.807, 2.05) is 19.9 Å². The number of thiocarbonyl (C=S) groups is 1. The van der Waals surface area contributed by atoms with Crippen molar-refractivity contribution in [2.24, 2.45) is 0 Å². The van der Waals surface area contributed by atoms with Gasteiger partial charge >= 0.3 is 5.63 Å². The molecule has 29 heavy (non-hydrogen) atoms. The van der Waals surface area contributed by atoms with E-state index in [1.165, 1.54) is 13.2 Å². The number of hydrogen-bond acceptors (Lipinski definition) is 8.